The van der Waals surface area contributed by atoms with Gasteiger partial charge in [0.15, 0.2) is 5.96 Å². The van der Waals surface area contributed by atoms with Crippen LogP contribution in [0.2, 0.25) is 0 Å². The molecule has 0 aliphatic carbocycles. The lowest BCUT2D eigenvalue weighted by atomic mass is 10.1. The van der Waals surface area contributed by atoms with Crippen molar-refractivity contribution in [2.75, 3.05) is 52.5 Å². The van der Waals surface area contributed by atoms with E-state index in [-0.39, 0.29) is 0 Å². The Labute approximate surface area is 117 Å². The first-order valence-electron chi connectivity index (χ1n) is 7.69. The maximum Gasteiger partial charge on any atom is 0.191 e. The van der Waals surface area contributed by atoms with E-state index in [1.54, 1.807) is 0 Å². The fourth-order valence-corrected chi connectivity index (χ4v) is 2.21. The molecule has 0 aromatic rings. The summed E-state index contributed by atoms with van der Waals surface area (Å²) >= 11 is 0. The maximum absolute atomic E-state index is 5.31. The van der Waals surface area contributed by atoms with Crippen LogP contribution in [0, 0.1) is 0 Å². The molecule has 1 aliphatic rings. The fourth-order valence-electron chi connectivity index (χ4n) is 2.21. The molecule has 1 saturated heterocycles. The van der Waals surface area contributed by atoms with Gasteiger partial charge in [-0.2, -0.15) is 0 Å². The Hall–Kier alpha value is -0.810. The monoisotopic (exact) mass is 270 g/mol. The zero-order valence-electron chi connectivity index (χ0n) is 12.6. The second kappa shape index (κ2) is 11.1. The zero-order chi connectivity index (χ0) is 13.8. The van der Waals surface area contributed by atoms with Crippen molar-refractivity contribution in [2.24, 2.45) is 4.99 Å². The third kappa shape index (κ3) is 8.06. The number of ether oxygens (including phenoxy) is 1. The van der Waals surface area contributed by atoms with E-state index in [1.807, 2.05) is 6.92 Å². The molecule has 0 amide bonds. The molecule has 2 N–H and O–H groups in total. The van der Waals surface area contributed by atoms with Gasteiger partial charge in [0.25, 0.3) is 0 Å². The maximum atomic E-state index is 5.31. The molecule has 0 unspecified atom stereocenters. The number of likely N-dealkylation sites (tertiary alicyclic amines) is 1. The van der Waals surface area contributed by atoms with Gasteiger partial charge in [0, 0.05) is 26.2 Å². The van der Waals surface area contributed by atoms with Gasteiger partial charge in [-0.3, -0.25) is 4.99 Å². The second-order valence-electron chi connectivity index (χ2n) is 4.79. The van der Waals surface area contributed by atoms with Crippen molar-refractivity contribution in [2.45, 2.75) is 33.1 Å². The summed E-state index contributed by atoms with van der Waals surface area (Å²) in [6, 6.07) is 0. The molecule has 1 rings (SSSR count). The van der Waals surface area contributed by atoms with Crippen LogP contribution in [-0.4, -0.2) is 63.3 Å². The van der Waals surface area contributed by atoms with Gasteiger partial charge in [-0.1, -0.05) is 6.42 Å². The number of guanidine groups is 1. The average molecular weight is 270 g/mol. The predicted octanol–water partition coefficient (Wildman–Crippen LogP) is 1.06. The normalized spacial score (nSPS) is 17.5. The highest BCUT2D eigenvalue weighted by molar-refractivity contribution is 5.79. The van der Waals surface area contributed by atoms with Crippen molar-refractivity contribution in [1.82, 2.24) is 15.5 Å². The SMILES string of the molecule is CCNC(=NCCN1CCCCC1)NCCOCC. The predicted molar refractivity (Wildman–Crippen MR) is 80.8 cm³/mol. The van der Waals surface area contributed by atoms with Gasteiger partial charge in [0.2, 0.25) is 0 Å². The number of hydrogen-bond acceptors (Lipinski definition) is 3. The van der Waals surface area contributed by atoms with Gasteiger partial charge in [0.05, 0.1) is 13.2 Å². The van der Waals surface area contributed by atoms with Crippen molar-refractivity contribution >= 4 is 5.96 Å². The van der Waals surface area contributed by atoms with Gasteiger partial charge in [-0.15, -0.1) is 0 Å². The van der Waals surface area contributed by atoms with E-state index >= 15 is 0 Å². The van der Waals surface area contributed by atoms with Crippen molar-refractivity contribution in [3.63, 3.8) is 0 Å². The molecule has 0 saturated carbocycles. The minimum atomic E-state index is 0.729. The molecule has 1 aliphatic heterocycles. The lowest BCUT2D eigenvalue weighted by molar-refractivity contribution is 0.152. The molecule has 5 heteroatoms. The summed E-state index contributed by atoms with van der Waals surface area (Å²) in [6.45, 7) is 11.7. The Morgan fingerprint density at radius 3 is 2.63 bits per heavy atom. The van der Waals surface area contributed by atoms with Gasteiger partial charge < -0.3 is 20.3 Å². The molecular formula is C14H30N4O. The van der Waals surface area contributed by atoms with Gasteiger partial charge in [-0.25, -0.2) is 0 Å². The van der Waals surface area contributed by atoms with E-state index in [9.17, 15) is 0 Å². The second-order valence-corrected chi connectivity index (χ2v) is 4.79. The Morgan fingerprint density at radius 1 is 1.16 bits per heavy atom. The lowest BCUT2D eigenvalue weighted by Gasteiger charge is -2.25. The van der Waals surface area contributed by atoms with E-state index in [0.29, 0.717) is 0 Å². The minimum Gasteiger partial charge on any atom is -0.380 e. The topological polar surface area (TPSA) is 48.9 Å². The molecule has 0 aromatic heterocycles. The van der Waals surface area contributed by atoms with E-state index in [4.69, 9.17) is 4.74 Å². The van der Waals surface area contributed by atoms with Gasteiger partial charge in [-0.05, 0) is 39.8 Å². The first-order chi connectivity index (χ1) is 9.36. The molecule has 0 aromatic carbocycles. The van der Waals surface area contributed by atoms with Crippen molar-refractivity contribution in [3.8, 4) is 0 Å². The summed E-state index contributed by atoms with van der Waals surface area (Å²) in [5, 5.41) is 6.55. The quantitative estimate of drug-likeness (QED) is 0.393. The number of aliphatic imine (C=N–C) groups is 1. The van der Waals surface area contributed by atoms with Gasteiger partial charge in [0.1, 0.15) is 0 Å². The molecule has 0 spiro atoms. The molecule has 112 valence electrons. The third-order valence-corrected chi connectivity index (χ3v) is 3.22. The fraction of sp³-hybridized carbons (Fsp3) is 0.929. The number of nitrogens with one attached hydrogen (secondary N) is 2. The molecule has 0 radical (unpaired) electrons. The third-order valence-electron chi connectivity index (χ3n) is 3.22. The van der Waals surface area contributed by atoms with E-state index in [1.165, 1.54) is 32.4 Å². The van der Waals surface area contributed by atoms with Crippen LogP contribution in [-0.2, 0) is 4.74 Å². The smallest absolute Gasteiger partial charge is 0.191 e. The summed E-state index contributed by atoms with van der Waals surface area (Å²) in [5.74, 6) is 0.902. The van der Waals surface area contributed by atoms with Crippen LogP contribution in [0.4, 0.5) is 0 Å². The minimum absolute atomic E-state index is 0.729. The number of rotatable bonds is 8. The molecule has 1 fully saturated rings. The van der Waals surface area contributed by atoms with Crippen molar-refractivity contribution < 1.29 is 4.74 Å². The van der Waals surface area contributed by atoms with Crippen LogP contribution >= 0.6 is 0 Å². The summed E-state index contributed by atoms with van der Waals surface area (Å²) in [4.78, 5) is 7.11. The highest BCUT2D eigenvalue weighted by atomic mass is 16.5. The largest absolute Gasteiger partial charge is 0.380 e. The lowest BCUT2D eigenvalue weighted by Crippen LogP contribution is -2.40. The summed E-state index contributed by atoms with van der Waals surface area (Å²) in [7, 11) is 0. The number of piperidine rings is 1. The van der Waals surface area contributed by atoms with E-state index in [0.717, 1.165) is 45.4 Å². The average Bonchev–Trinajstić information content (AvgIpc) is 2.44. The molecule has 0 atom stereocenters. The summed E-state index contributed by atoms with van der Waals surface area (Å²) in [5.41, 5.74) is 0. The highest BCUT2D eigenvalue weighted by Gasteiger charge is 2.08. The van der Waals surface area contributed by atoms with Crippen LogP contribution in [0.5, 0.6) is 0 Å². The Kier molecular flexibility index (Phi) is 9.45. The zero-order valence-corrected chi connectivity index (χ0v) is 12.6. The van der Waals surface area contributed by atoms with E-state index in [2.05, 4.69) is 27.4 Å². The Balaban J connectivity index is 2.18. The summed E-state index contributed by atoms with van der Waals surface area (Å²) < 4.78 is 5.31. The number of hydrogen-bond donors (Lipinski definition) is 2. The molecule has 5 nitrogen and oxygen atoms in total. The van der Waals surface area contributed by atoms with E-state index < -0.39 is 0 Å². The van der Waals surface area contributed by atoms with Crippen molar-refractivity contribution in [3.05, 3.63) is 0 Å². The van der Waals surface area contributed by atoms with Crippen LogP contribution in [0.25, 0.3) is 0 Å². The molecule has 1 heterocycles. The molecular weight excluding hydrogens is 240 g/mol. The first kappa shape index (κ1) is 16.2. The highest BCUT2D eigenvalue weighted by Crippen LogP contribution is 2.07. The molecule has 19 heavy (non-hydrogen) atoms. The molecule has 0 bridgehead atoms. The van der Waals surface area contributed by atoms with Crippen molar-refractivity contribution in [1.29, 1.82) is 0 Å². The van der Waals surface area contributed by atoms with Crippen LogP contribution < -0.4 is 10.6 Å². The number of nitrogens with zero attached hydrogens (tertiary/aromatic N) is 2. The standard InChI is InChI=1S/C14H30N4O/c1-3-15-14(17-9-13-19-4-2)16-8-12-18-10-6-5-7-11-18/h3-13H2,1-2H3,(H2,15,16,17). The van der Waals surface area contributed by atoms with Crippen LogP contribution in [0.15, 0.2) is 4.99 Å². The summed E-state index contributed by atoms with van der Waals surface area (Å²) in [6.07, 6.45) is 4.08. The Morgan fingerprint density at radius 2 is 1.95 bits per heavy atom. The van der Waals surface area contributed by atoms with Gasteiger partial charge >= 0.3 is 0 Å². The Bertz CT molecular complexity index is 240. The first-order valence-corrected chi connectivity index (χ1v) is 7.69. The van der Waals surface area contributed by atoms with Crippen LogP contribution in [0.3, 0.4) is 0 Å². The van der Waals surface area contributed by atoms with Crippen LogP contribution in [0.1, 0.15) is 33.1 Å².